The van der Waals surface area contributed by atoms with Crippen LogP contribution in [0.25, 0.3) is 0 Å². The highest BCUT2D eigenvalue weighted by Gasteiger charge is 2.60. The smallest absolute Gasteiger partial charge is 0.423 e. The zero-order chi connectivity index (χ0) is 17.3. The van der Waals surface area contributed by atoms with Gasteiger partial charge in [0.15, 0.2) is 0 Å². The van der Waals surface area contributed by atoms with Crippen LogP contribution in [0.4, 0.5) is 9.59 Å². The van der Waals surface area contributed by atoms with Crippen molar-refractivity contribution in [1.29, 1.82) is 0 Å². The fraction of sp³-hybridized carbons (Fsp3) is 0.846. The molecule has 128 valence electrons. The van der Waals surface area contributed by atoms with Gasteiger partial charge in [0.05, 0.1) is 13.4 Å². The number of rotatable bonds is 2. The molecule has 0 spiro atoms. The van der Waals surface area contributed by atoms with Crippen LogP contribution in [0.3, 0.4) is 0 Å². The Hall–Kier alpha value is -1.19. The first-order chi connectivity index (χ1) is 9.82. The average Bonchev–Trinajstić information content (AvgIpc) is 2.61. The maximum absolute atomic E-state index is 12.5. The van der Waals surface area contributed by atoms with Crippen molar-refractivity contribution in [2.75, 3.05) is 19.9 Å². The first-order valence-corrected chi connectivity index (χ1v) is 8.71. The minimum atomic E-state index is -3.69. The van der Waals surface area contributed by atoms with Gasteiger partial charge in [-0.2, -0.15) is 18.0 Å². The summed E-state index contributed by atoms with van der Waals surface area (Å²) >= 11 is 0. The second kappa shape index (κ2) is 6.13. The first-order valence-electron chi connectivity index (χ1n) is 6.90. The van der Waals surface area contributed by atoms with Gasteiger partial charge in [-0.15, -0.1) is 4.48 Å². The summed E-state index contributed by atoms with van der Waals surface area (Å²) < 4.78 is 36.8. The number of nitrogens with zero attached hydrogens (tertiary/aromatic N) is 1. The van der Waals surface area contributed by atoms with Crippen LogP contribution in [0.1, 0.15) is 34.1 Å². The molecule has 1 rings (SSSR count). The van der Waals surface area contributed by atoms with Gasteiger partial charge < -0.3 is 9.47 Å². The molecule has 0 saturated carbocycles. The van der Waals surface area contributed by atoms with Crippen LogP contribution in [0.15, 0.2) is 0 Å². The number of quaternary nitrogens is 1. The summed E-state index contributed by atoms with van der Waals surface area (Å²) in [5, 5.41) is 0. The Kier molecular flexibility index (Phi) is 5.26. The van der Waals surface area contributed by atoms with Crippen molar-refractivity contribution in [3.8, 4) is 0 Å². The Labute approximate surface area is 131 Å². The normalized spacial score (nSPS) is 29.2. The second-order valence-corrected chi connectivity index (χ2v) is 8.11. The van der Waals surface area contributed by atoms with E-state index in [1.54, 1.807) is 27.7 Å². The molecule has 0 N–H and O–H groups in total. The zero-order valence-electron chi connectivity index (χ0n) is 13.8. The van der Waals surface area contributed by atoms with E-state index < -0.39 is 44.5 Å². The summed E-state index contributed by atoms with van der Waals surface area (Å²) in [6.45, 7) is 6.57. The van der Waals surface area contributed by atoms with Gasteiger partial charge in [-0.05, 0) is 27.7 Å². The van der Waals surface area contributed by atoms with E-state index in [0.717, 1.165) is 6.26 Å². The summed E-state index contributed by atoms with van der Waals surface area (Å²) in [5.74, 6) is 0. The molecule has 1 heterocycles. The predicted octanol–water partition coefficient (Wildman–Crippen LogP) is 1.64. The fourth-order valence-electron chi connectivity index (χ4n) is 2.54. The van der Waals surface area contributed by atoms with Crippen molar-refractivity contribution < 1.29 is 36.1 Å². The average molecular weight is 338 g/mol. The van der Waals surface area contributed by atoms with Gasteiger partial charge in [0.25, 0.3) is 10.1 Å². The number of amides is 2. The molecule has 0 aliphatic carbocycles. The van der Waals surface area contributed by atoms with Crippen molar-refractivity contribution in [1.82, 2.24) is 0 Å². The van der Waals surface area contributed by atoms with Crippen molar-refractivity contribution in [2.45, 2.75) is 51.9 Å². The minimum Gasteiger partial charge on any atom is -0.423 e. The third-order valence-corrected chi connectivity index (χ3v) is 4.00. The van der Waals surface area contributed by atoms with Gasteiger partial charge in [0, 0.05) is 6.42 Å². The molecular formula is C13H24NO7S+. The molecule has 9 heteroatoms. The van der Waals surface area contributed by atoms with E-state index in [9.17, 15) is 18.0 Å². The molecular weight excluding hydrogens is 314 g/mol. The van der Waals surface area contributed by atoms with Crippen LogP contribution < -0.4 is 0 Å². The summed E-state index contributed by atoms with van der Waals surface area (Å²) in [5.41, 5.74) is -0.786. The highest BCUT2D eigenvalue weighted by atomic mass is 32.2. The lowest BCUT2D eigenvalue weighted by Crippen LogP contribution is -2.60. The third-order valence-electron chi connectivity index (χ3n) is 3.38. The van der Waals surface area contributed by atoms with Crippen molar-refractivity contribution >= 4 is 22.3 Å². The maximum Gasteiger partial charge on any atom is 0.527 e. The maximum atomic E-state index is 12.5. The van der Waals surface area contributed by atoms with Crippen molar-refractivity contribution in [3.63, 3.8) is 0 Å². The van der Waals surface area contributed by atoms with Crippen LogP contribution in [-0.2, 0) is 23.8 Å². The van der Waals surface area contributed by atoms with Crippen LogP contribution in [-0.4, -0.2) is 62.7 Å². The Morgan fingerprint density at radius 2 is 1.73 bits per heavy atom. The largest absolute Gasteiger partial charge is 0.527 e. The van der Waals surface area contributed by atoms with E-state index in [1.807, 2.05) is 0 Å². The molecule has 1 aliphatic rings. The number of hydrogen-bond acceptors (Lipinski definition) is 7. The summed E-state index contributed by atoms with van der Waals surface area (Å²) in [6.07, 6.45) is -1.19. The molecule has 1 fully saturated rings. The quantitative estimate of drug-likeness (QED) is 0.558. The highest BCUT2D eigenvalue weighted by molar-refractivity contribution is 7.86. The second-order valence-electron chi connectivity index (χ2n) is 6.51. The molecule has 3 atom stereocenters. The fourth-order valence-corrected chi connectivity index (χ4v) is 3.18. The molecule has 1 saturated heterocycles. The number of hydrogen-bond donors (Lipinski definition) is 0. The van der Waals surface area contributed by atoms with Gasteiger partial charge in [-0.3, -0.25) is 4.18 Å². The molecule has 0 radical (unpaired) electrons. The highest BCUT2D eigenvalue weighted by Crippen LogP contribution is 2.33. The van der Waals surface area contributed by atoms with E-state index in [1.165, 1.54) is 7.11 Å². The molecule has 8 nitrogen and oxygen atoms in total. The number of carbonyl (C=O) groups is 2. The van der Waals surface area contributed by atoms with Crippen LogP contribution in [0, 0.1) is 0 Å². The zero-order valence-corrected chi connectivity index (χ0v) is 14.6. The van der Waals surface area contributed by atoms with Crippen LogP contribution >= 0.6 is 0 Å². The number of likely N-dealkylation sites (tertiary alicyclic amines) is 1. The van der Waals surface area contributed by atoms with Gasteiger partial charge in [0.2, 0.25) is 0 Å². The van der Waals surface area contributed by atoms with Gasteiger partial charge in [-0.1, -0.05) is 0 Å². The molecule has 0 bridgehead atoms. The number of ether oxygens (including phenoxy) is 2. The molecule has 0 aromatic heterocycles. The van der Waals surface area contributed by atoms with E-state index in [4.69, 9.17) is 13.7 Å². The Bertz CT molecular complexity index is 551. The summed E-state index contributed by atoms with van der Waals surface area (Å²) in [4.78, 5) is 24.8. The molecule has 0 aromatic carbocycles. The number of carbonyl (C=O) groups excluding carboxylic acids is 2. The lowest BCUT2D eigenvalue weighted by molar-refractivity contribution is -0.798. The standard InChI is InChI=1S/C13H24NO7S/c1-9-7-10(21-22(6,17)18)8-14(9,11(15)19-5)12(16)20-13(2,3)4/h9-10H,7-8H2,1-6H3/q+1/t9?,10-,14?/m1/s1. The predicted molar refractivity (Wildman–Crippen MR) is 77.6 cm³/mol. The third kappa shape index (κ3) is 4.17. The first kappa shape index (κ1) is 18.9. The molecule has 1 aliphatic heterocycles. The van der Waals surface area contributed by atoms with Crippen molar-refractivity contribution in [3.05, 3.63) is 0 Å². The topological polar surface area (TPSA) is 96.0 Å². The van der Waals surface area contributed by atoms with E-state index in [-0.39, 0.29) is 13.0 Å². The van der Waals surface area contributed by atoms with E-state index in [0.29, 0.717) is 0 Å². The van der Waals surface area contributed by atoms with E-state index in [2.05, 4.69) is 0 Å². The monoisotopic (exact) mass is 338 g/mol. The molecule has 2 amide bonds. The minimum absolute atomic E-state index is 0.143. The summed E-state index contributed by atoms with van der Waals surface area (Å²) in [6, 6.07) is -0.519. The Morgan fingerprint density at radius 1 is 1.18 bits per heavy atom. The Balaban J connectivity index is 3.13. The lowest BCUT2D eigenvalue weighted by Gasteiger charge is -2.32. The van der Waals surface area contributed by atoms with Crippen molar-refractivity contribution in [2.24, 2.45) is 0 Å². The molecule has 0 aromatic rings. The SMILES string of the molecule is COC(=O)[N+]1(C(=O)OC(C)(C)C)C[C@H](OS(C)(=O)=O)CC1C. The van der Waals surface area contributed by atoms with Crippen LogP contribution in [0.5, 0.6) is 0 Å². The van der Waals surface area contributed by atoms with Gasteiger partial charge in [0.1, 0.15) is 24.3 Å². The van der Waals surface area contributed by atoms with E-state index >= 15 is 0 Å². The van der Waals surface area contributed by atoms with Gasteiger partial charge >= 0.3 is 12.2 Å². The Morgan fingerprint density at radius 3 is 2.14 bits per heavy atom. The van der Waals surface area contributed by atoms with Crippen LogP contribution in [0.2, 0.25) is 0 Å². The van der Waals surface area contributed by atoms with Gasteiger partial charge in [-0.25, -0.2) is 0 Å². The molecule has 2 unspecified atom stereocenters. The number of imide groups is 1. The summed E-state index contributed by atoms with van der Waals surface area (Å²) in [7, 11) is -2.52. The number of methoxy groups -OCH3 is 1. The molecule has 22 heavy (non-hydrogen) atoms. The lowest BCUT2D eigenvalue weighted by atomic mass is 10.2.